The molecule has 0 aliphatic rings. The Morgan fingerprint density at radius 2 is 1.77 bits per heavy atom. The molecule has 0 amide bonds. The van der Waals surface area contributed by atoms with Gasteiger partial charge < -0.3 is 28.3 Å². The van der Waals surface area contributed by atoms with Gasteiger partial charge in [-0.1, -0.05) is 6.92 Å². The SMILES string of the molecule is CCCS(=O)(=O)[O-].N=C(N)[S-].[Na+].[Na+]. The van der Waals surface area contributed by atoms with Crippen LogP contribution in [0.3, 0.4) is 0 Å². The van der Waals surface area contributed by atoms with E-state index in [2.05, 4.69) is 18.4 Å². The van der Waals surface area contributed by atoms with Crippen LogP contribution in [0.25, 0.3) is 0 Å². The van der Waals surface area contributed by atoms with E-state index in [4.69, 9.17) is 5.41 Å². The minimum atomic E-state index is -3.92. The van der Waals surface area contributed by atoms with Gasteiger partial charge in [0.05, 0.1) is 10.1 Å². The van der Waals surface area contributed by atoms with E-state index < -0.39 is 10.1 Å². The summed E-state index contributed by atoms with van der Waals surface area (Å²) >= 11 is 3.98. The number of amidine groups is 1. The number of nitrogens with one attached hydrogen (secondary N) is 1. The summed E-state index contributed by atoms with van der Waals surface area (Å²) in [5, 5.41) is 5.84. The zero-order valence-electron chi connectivity index (χ0n) is 8.03. The summed E-state index contributed by atoms with van der Waals surface area (Å²) in [5.41, 5.74) is 4.51. The van der Waals surface area contributed by atoms with Crippen molar-refractivity contribution in [1.82, 2.24) is 0 Å². The van der Waals surface area contributed by atoms with E-state index in [-0.39, 0.29) is 70.0 Å². The second kappa shape index (κ2) is 13.6. The van der Waals surface area contributed by atoms with Crippen LogP contribution in [0.4, 0.5) is 0 Å². The Morgan fingerprint density at radius 3 is 1.77 bits per heavy atom. The van der Waals surface area contributed by atoms with Crippen molar-refractivity contribution < 1.29 is 72.1 Å². The molecule has 9 heteroatoms. The molecule has 0 rings (SSSR count). The molecule has 0 atom stereocenters. The Labute approximate surface area is 128 Å². The normalized spacial score (nSPS) is 8.15. The van der Waals surface area contributed by atoms with Gasteiger partial charge in [0, 0.05) is 5.75 Å². The number of hydrogen-bond acceptors (Lipinski definition) is 5. The first kappa shape index (κ1) is 24.0. The zero-order valence-corrected chi connectivity index (χ0v) is 13.7. The summed E-state index contributed by atoms with van der Waals surface area (Å²) in [6, 6.07) is 0. The third kappa shape index (κ3) is 58.4. The van der Waals surface area contributed by atoms with E-state index in [0.29, 0.717) is 6.42 Å². The smallest absolute Gasteiger partial charge is 0.748 e. The maximum absolute atomic E-state index is 9.68. The molecular formula is C4H10N2Na2O3S2. The zero-order chi connectivity index (χ0) is 9.49. The molecule has 0 aromatic carbocycles. The van der Waals surface area contributed by atoms with E-state index in [1.165, 1.54) is 0 Å². The standard InChI is InChI=1S/C3H8O3S.CH4N2S.2Na/c1-2-3-7(4,5)6;2-1(3)4;;/h2-3H2,1H3,(H,4,5,6);(H4,2,3,4);;/q;;2*+1/p-2. The van der Waals surface area contributed by atoms with Crippen LogP contribution >= 0.6 is 0 Å². The molecule has 13 heavy (non-hydrogen) atoms. The fourth-order valence-electron chi connectivity index (χ4n) is 0.250. The Balaban J connectivity index is -0.0000000600. The monoisotopic (exact) mass is 244 g/mol. The van der Waals surface area contributed by atoms with Gasteiger partial charge >= 0.3 is 59.1 Å². The average molecular weight is 244 g/mol. The first-order valence-electron chi connectivity index (χ1n) is 2.74. The number of rotatable bonds is 2. The van der Waals surface area contributed by atoms with E-state index in [1.807, 2.05) is 0 Å². The van der Waals surface area contributed by atoms with E-state index in [9.17, 15) is 13.0 Å². The molecule has 0 aliphatic heterocycles. The van der Waals surface area contributed by atoms with Crippen molar-refractivity contribution in [3.05, 3.63) is 0 Å². The quantitative estimate of drug-likeness (QED) is 0.165. The molecule has 68 valence electrons. The van der Waals surface area contributed by atoms with Gasteiger partial charge in [-0.25, -0.2) is 8.42 Å². The van der Waals surface area contributed by atoms with Crippen LogP contribution in [0.2, 0.25) is 0 Å². The van der Waals surface area contributed by atoms with Gasteiger partial charge in [-0.15, -0.1) is 0 Å². The summed E-state index contributed by atoms with van der Waals surface area (Å²) in [5.74, 6) is -0.243. The van der Waals surface area contributed by atoms with Crippen molar-refractivity contribution in [1.29, 1.82) is 5.41 Å². The number of hydrogen-bond donors (Lipinski definition) is 2. The first-order valence-corrected chi connectivity index (χ1v) is 4.72. The van der Waals surface area contributed by atoms with Crippen molar-refractivity contribution in [2.45, 2.75) is 13.3 Å². The first-order chi connectivity index (χ1) is 4.79. The van der Waals surface area contributed by atoms with Crippen LogP contribution in [0.15, 0.2) is 0 Å². The second-order valence-corrected chi connectivity index (χ2v) is 3.59. The van der Waals surface area contributed by atoms with Crippen LogP contribution in [-0.4, -0.2) is 23.9 Å². The van der Waals surface area contributed by atoms with Crippen molar-refractivity contribution in [3.8, 4) is 0 Å². The topological polar surface area (TPSA) is 107 Å². The average Bonchev–Trinajstić information content (AvgIpc) is 1.58. The Kier molecular flexibility index (Phi) is 25.1. The van der Waals surface area contributed by atoms with Gasteiger partial charge in [0.2, 0.25) is 0 Å². The summed E-state index contributed by atoms with van der Waals surface area (Å²) in [7, 11) is -3.92. The molecule has 3 N–H and O–H groups in total. The predicted octanol–water partition coefficient (Wildman–Crippen LogP) is -6.62. The van der Waals surface area contributed by atoms with Crippen LogP contribution in [0.5, 0.6) is 0 Å². The molecule has 0 fully saturated rings. The Hall–Kier alpha value is 1.60. The summed E-state index contributed by atoms with van der Waals surface area (Å²) in [4.78, 5) is 0. The van der Waals surface area contributed by atoms with E-state index in [0.717, 1.165) is 0 Å². The van der Waals surface area contributed by atoms with Crippen molar-refractivity contribution in [2.75, 3.05) is 5.75 Å². The summed E-state index contributed by atoms with van der Waals surface area (Å²) < 4.78 is 29.0. The van der Waals surface area contributed by atoms with Crippen molar-refractivity contribution in [2.24, 2.45) is 5.73 Å². The van der Waals surface area contributed by atoms with Gasteiger partial charge in [-0.2, -0.15) is 0 Å². The molecule has 0 aromatic heterocycles. The largest absolute Gasteiger partial charge is 1.00 e. The van der Waals surface area contributed by atoms with Gasteiger partial charge in [-0.05, 0) is 11.6 Å². The van der Waals surface area contributed by atoms with E-state index in [1.54, 1.807) is 6.92 Å². The van der Waals surface area contributed by atoms with Gasteiger partial charge in [-0.3, -0.25) is 0 Å². The second-order valence-electron chi connectivity index (χ2n) is 1.63. The van der Waals surface area contributed by atoms with Crippen LogP contribution in [-0.2, 0) is 22.7 Å². The van der Waals surface area contributed by atoms with Crippen LogP contribution in [0.1, 0.15) is 13.3 Å². The predicted molar refractivity (Wildman–Crippen MR) is 44.1 cm³/mol. The third-order valence-electron chi connectivity index (χ3n) is 0.454. The molecule has 0 aliphatic carbocycles. The van der Waals surface area contributed by atoms with Gasteiger partial charge in [0.25, 0.3) is 0 Å². The summed E-state index contributed by atoms with van der Waals surface area (Å²) in [6.07, 6.45) is 0.409. The molecule has 0 bridgehead atoms. The van der Waals surface area contributed by atoms with Crippen LogP contribution < -0.4 is 64.8 Å². The van der Waals surface area contributed by atoms with Gasteiger partial charge in [0.15, 0.2) is 0 Å². The van der Waals surface area contributed by atoms with Gasteiger partial charge in [0.1, 0.15) is 0 Å². The molecule has 0 heterocycles. The van der Waals surface area contributed by atoms with Crippen molar-refractivity contribution >= 4 is 27.9 Å². The summed E-state index contributed by atoms with van der Waals surface area (Å²) in [6.45, 7) is 1.65. The molecule has 0 spiro atoms. The fraction of sp³-hybridized carbons (Fsp3) is 0.750. The molecule has 0 unspecified atom stereocenters. The maximum Gasteiger partial charge on any atom is 1.00 e. The molecule has 0 saturated carbocycles. The van der Waals surface area contributed by atoms with Crippen molar-refractivity contribution in [3.63, 3.8) is 0 Å². The third-order valence-corrected chi connectivity index (χ3v) is 1.36. The van der Waals surface area contributed by atoms with E-state index >= 15 is 0 Å². The maximum atomic E-state index is 9.68. The molecule has 0 aromatic rings. The minimum Gasteiger partial charge on any atom is -0.748 e. The molecule has 5 nitrogen and oxygen atoms in total. The molecule has 0 saturated heterocycles. The minimum absolute atomic E-state index is 0. The fourth-order valence-corrected chi connectivity index (χ4v) is 0.750. The molecule has 0 radical (unpaired) electrons. The van der Waals surface area contributed by atoms with Crippen LogP contribution in [0, 0.1) is 5.41 Å². The Bertz CT molecular complexity index is 203. The Morgan fingerprint density at radius 1 is 1.54 bits per heavy atom. The molecular weight excluding hydrogens is 234 g/mol. The number of nitrogens with two attached hydrogens (primary N) is 1.